The fourth-order valence-corrected chi connectivity index (χ4v) is 1.49. The highest BCUT2D eigenvalue weighted by molar-refractivity contribution is 5.60. The van der Waals surface area contributed by atoms with Crippen molar-refractivity contribution < 1.29 is 8.78 Å². The number of anilines is 1. The van der Waals surface area contributed by atoms with E-state index in [2.05, 4.69) is 6.58 Å². The van der Waals surface area contributed by atoms with Gasteiger partial charge in [-0.05, 0) is 38.5 Å². The Morgan fingerprint density at radius 1 is 1.38 bits per heavy atom. The minimum absolute atomic E-state index is 0.0456. The van der Waals surface area contributed by atoms with Crippen LogP contribution < -0.4 is 5.73 Å². The zero-order valence-corrected chi connectivity index (χ0v) is 9.48. The first-order valence-electron chi connectivity index (χ1n) is 4.97. The van der Waals surface area contributed by atoms with Gasteiger partial charge in [-0.25, -0.2) is 8.78 Å². The van der Waals surface area contributed by atoms with Crippen LogP contribution in [0, 0.1) is 11.6 Å². The molecule has 0 spiro atoms. The molecule has 3 heteroatoms. The lowest BCUT2D eigenvalue weighted by molar-refractivity contribution is 0.581. The largest absolute Gasteiger partial charge is 0.396 e. The Kier molecular flexibility index (Phi) is 3.82. The quantitative estimate of drug-likeness (QED) is 0.610. The Bertz CT molecular complexity index is 447. The van der Waals surface area contributed by atoms with Gasteiger partial charge in [-0.1, -0.05) is 17.7 Å². The highest BCUT2D eigenvalue weighted by Crippen LogP contribution is 2.22. The minimum Gasteiger partial charge on any atom is -0.396 e. The third-order valence-corrected chi connectivity index (χ3v) is 2.13. The van der Waals surface area contributed by atoms with Crippen LogP contribution in [0.2, 0.25) is 0 Å². The number of benzene rings is 1. The smallest absolute Gasteiger partial charge is 0.156 e. The van der Waals surface area contributed by atoms with Crippen molar-refractivity contribution in [1.82, 2.24) is 0 Å². The summed E-state index contributed by atoms with van der Waals surface area (Å²) < 4.78 is 26.9. The summed E-state index contributed by atoms with van der Waals surface area (Å²) in [5.41, 5.74) is 7.03. The zero-order valence-electron chi connectivity index (χ0n) is 9.48. The van der Waals surface area contributed by atoms with Crippen molar-refractivity contribution in [3.63, 3.8) is 0 Å². The molecule has 0 heterocycles. The summed E-state index contributed by atoms with van der Waals surface area (Å²) in [5, 5.41) is 0. The molecule has 0 saturated heterocycles. The predicted octanol–water partition coefficient (Wildman–Crippen LogP) is 3.92. The van der Waals surface area contributed by atoms with E-state index in [9.17, 15) is 8.78 Å². The lowest BCUT2D eigenvalue weighted by atomic mass is 10.0. The van der Waals surface area contributed by atoms with E-state index in [4.69, 9.17) is 5.73 Å². The van der Waals surface area contributed by atoms with Crippen molar-refractivity contribution in [2.45, 2.75) is 20.3 Å². The Labute approximate surface area is 94.3 Å². The minimum atomic E-state index is -0.707. The second-order valence-electron chi connectivity index (χ2n) is 3.99. The van der Waals surface area contributed by atoms with Crippen molar-refractivity contribution in [3.05, 3.63) is 47.1 Å². The maximum absolute atomic E-state index is 13.5. The van der Waals surface area contributed by atoms with E-state index in [1.807, 2.05) is 6.92 Å². The molecule has 0 aliphatic rings. The van der Waals surface area contributed by atoms with Gasteiger partial charge in [-0.3, -0.25) is 0 Å². The Morgan fingerprint density at radius 3 is 2.56 bits per heavy atom. The van der Waals surface area contributed by atoms with E-state index in [0.29, 0.717) is 6.42 Å². The zero-order chi connectivity index (χ0) is 12.3. The van der Waals surface area contributed by atoms with Gasteiger partial charge in [0.1, 0.15) is 5.82 Å². The fraction of sp³-hybridized carbons (Fsp3) is 0.231. The number of hydrogen-bond donors (Lipinski definition) is 1. The molecule has 0 fully saturated rings. The molecule has 1 aromatic carbocycles. The van der Waals surface area contributed by atoms with Crippen LogP contribution in [0.25, 0.3) is 6.08 Å². The first-order chi connectivity index (χ1) is 7.41. The van der Waals surface area contributed by atoms with E-state index in [1.54, 1.807) is 6.92 Å². The molecule has 0 amide bonds. The van der Waals surface area contributed by atoms with Crippen LogP contribution in [-0.4, -0.2) is 0 Å². The molecule has 0 bridgehead atoms. The average molecular weight is 223 g/mol. The van der Waals surface area contributed by atoms with Crippen molar-refractivity contribution in [2.75, 3.05) is 5.73 Å². The van der Waals surface area contributed by atoms with E-state index >= 15 is 0 Å². The van der Waals surface area contributed by atoms with Crippen LogP contribution in [0.1, 0.15) is 25.8 Å². The van der Waals surface area contributed by atoms with Crippen molar-refractivity contribution in [2.24, 2.45) is 0 Å². The topological polar surface area (TPSA) is 26.0 Å². The molecule has 1 rings (SSSR count). The Balaban J connectivity index is 3.14. The maximum atomic E-state index is 13.5. The number of rotatable bonds is 3. The van der Waals surface area contributed by atoms with Gasteiger partial charge in [0.15, 0.2) is 5.82 Å². The number of nitrogen functional groups attached to an aromatic ring is 1. The standard InChI is InChI=1S/C13H15F2N/c1-8(2)6-9(3)7-10-11(14)4-5-12(16)13(10)15/h4-5,7H,1,6,16H2,2-3H3/b9-7+. The van der Waals surface area contributed by atoms with Gasteiger partial charge in [-0.15, -0.1) is 0 Å². The molecule has 16 heavy (non-hydrogen) atoms. The van der Waals surface area contributed by atoms with Crippen molar-refractivity contribution >= 4 is 11.8 Å². The van der Waals surface area contributed by atoms with Gasteiger partial charge in [0.2, 0.25) is 0 Å². The molecule has 0 aromatic heterocycles. The maximum Gasteiger partial charge on any atom is 0.156 e. The van der Waals surface area contributed by atoms with Crippen LogP contribution in [0.4, 0.5) is 14.5 Å². The Morgan fingerprint density at radius 2 is 2.00 bits per heavy atom. The molecule has 0 aliphatic carbocycles. The molecule has 1 nitrogen and oxygen atoms in total. The summed E-state index contributed by atoms with van der Waals surface area (Å²) in [4.78, 5) is 0. The SMILES string of the molecule is C=C(C)C/C(C)=C/c1c(F)ccc(N)c1F. The van der Waals surface area contributed by atoms with E-state index in [0.717, 1.165) is 17.2 Å². The van der Waals surface area contributed by atoms with Gasteiger partial charge >= 0.3 is 0 Å². The highest BCUT2D eigenvalue weighted by Gasteiger charge is 2.09. The molecular formula is C13H15F2N. The third-order valence-electron chi connectivity index (χ3n) is 2.13. The van der Waals surface area contributed by atoms with Gasteiger partial charge < -0.3 is 5.73 Å². The van der Waals surface area contributed by atoms with Crippen LogP contribution in [0.5, 0.6) is 0 Å². The van der Waals surface area contributed by atoms with Gasteiger partial charge in [-0.2, -0.15) is 0 Å². The lowest BCUT2D eigenvalue weighted by Crippen LogP contribution is -1.96. The summed E-state index contributed by atoms with van der Waals surface area (Å²) in [5.74, 6) is -1.31. The summed E-state index contributed by atoms with van der Waals surface area (Å²) >= 11 is 0. The summed E-state index contributed by atoms with van der Waals surface area (Å²) in [6, 6.07) is 2.38. The van der Waals surface area contributed by atoms with Crippen LogP contribution in [0.15, 0.2) is 29.9 Å². The second kappa shape index (κ2) is 4.92. The van der Waals surface area contributed by atoms with Crippen LogP contribution >= 0.6 is 0 Å². The highest BCUT2D eigenvalue weighted by atomic mass is 19.1. The van der Waals surface area contributed by atoms with Crippen molar-refractivity contribution in [3.8, 4) is 0 Å². The van der Waals surface area contributed by atoms with E-state index in [-0.39, 0.29) is 11.3 Å². The average Bonchev–Trinajstić information content (AvgIpc) is 2.17. The first kappa shape index (κ1) is 12.4. The molecule has 0 saturated carbocycles. The fourth-order valence-electron chi connectivity index (χ4n) is 1.49. The number of nitrogens with two attached hydrogens (primary N) is 1. The molecule has 0 unspecified atom stereocenters. The number of halogens is 2. The number of allylic oxidation sites excluding steroid dienone is 2. The predicted molar refractivity (Wildman–Crippen MR) is 63.9 cm³/mol. The molecule has 0 radical (unpaired) electrons. The molecule has 2 N–H and O–H groups in total. The summed E-state index contributed by atoms with van der Waals surface area (Å²) in [6.07, 6.45) is 2.09. The van der Waals surface area contributed by atoms with Gasteiger partial charge in [0, 0.05) is 5.56 Å². The first-order valence-corrected chi connectivity index (χ1v) is 4.97. The van der Waals surface area contributed by atoms with Crippen molar-refractivity contribution in [1.29, 1.82) is 0 Å². The second-order valence-corrected chi connectivity index (χ2v) is 3.99. The molecule has 0 aliphatic heterocycles. The van der Waals surface area contributed by atoms with Gasteiger partial charge in [0.25, 0.3) is 0 Å². The molecular weight excluding hydrogens is 208 g/mol. The monoisotopic (exact) mass is 223 g/mol. The molecule has 0 atom stereocenters. The van der Waals surface area contributed by atoms with Crippen LogP contribution in [0.3, 0.4) is 0 Å². The van der Waals surface area contributed by atoms with Crippen LogP contribution in [-0.2, 0) is 0 Å². The molecule has 1 aromatic rings. The van der Waals surface area contributed by atoms with Gasteiger partial charge in [0.05, 0.1) is 5.69 Å². The number of hydrogen-bond acceptors (Lipinski definition) is 1. The normalized spacial score (nSPS) is 11.6. The Hall–Kier alpha value is -1.64. The van der Waals surface area contributed by atoms with E-state index < -0.39 is 11.6 Å². The summed E-state index contributed by atoms with van der Waals surface area (Å²) in [7, 11) is 0. The molecule has 86 valence electrons. The third kappa shape index (κ3) is 2.92. The van der Waals surface area contributed by atoms with E-state index in [1.165, 1.54) is 12.1 Å². The lowest BCUT2D eigenvalue weighted by Gasteiger charge is -2.05. The summed E-state index contributed by atoms with van der Waals surface area (Å²) in [6.45, 7) is 7.41.